The number of carbonyl (C=O) groups excluding carboxylic acids is 1. The minimum Gasteiger partial charge on any atom is -0.492 e. The van der Waals surface area contributed by atoms with Gasteiger partial charge in [-0.1, -0.05) is 48.4 Å². The molecule has 49 heavy (non-hydrogen) atoms. The molecule has 2 aromatic carbocycles. The minimum absolute atomic E-state index is 0.0144. The molecular weight excluding hydrogens is 661 g/mol. The zero-order valence-electron chi connectivity index (χ0n) is 27.1. The number of halogens is 3. The van der Waals surface area contributed by atoms with Crippen LogP contribution in [0.4, 0.5) is 13.2 Å². The Morgan fingerprint density at radius 3 is 2.53 bits per heavy atom. The number of aromatic nitrogens is 3. The van der Waals surface area contributed by atoms with Crippen molar-refractivity contribution < 1.29 is 35.9 Å². The summed E-state index contributed by atoms with van der Waals surface area (Å²) in [5.41, 5.74) is -0.197. The van der Waals surface area contributed by atoms with Crippen molar-refractivity contribution in [2.24, 2.45) is 0 Å². The number of carbonyl (C=O) groups is 1. The summed E-state index contributed by atoms with van der Waals surface area (Å²) < 4.78 is 84.6. The number of piperidine rings is 1. The van der Waals surface area contributed by atoms with E-state index in [4.69, 9.17) is 9.47 Å². The maximum absolute atomic E-state index is 14.2. The van der Waals surface area contributed by atoms with Gasteiger partial charge in [-0.05, 0) is 49.4 Å². The lowest BCUT2D eigenvalue weighted by atomic mass is 9.83. The highest BCUT2D eigenvalue weighted by Crippen LogP contribution is 2.40. The van der Waals surface area contributed by atoms with Crippen LogP contribution in [0.15, 0.2) is 59.6 Å². The molecule has 1 aliphatic carbocycles. The fourth-order valence-corrected chi connectivity index (χ4v) is 9.49. The van der Waals surface area contributed by atoms with Crippen molar-refractivity contribution in [3.05, 3.63) is 71.5 Å². The van der Waals surface area contributed by atoms with Crippen LogP contribution in [0.25, 0.3) is 0 Å². The Morgan fingerprint density at radius 1 is 1.04 bits per heavy atom. The zero-order chi connectivity index (χ0) is 34.2. The van der Waals surface area contributed by atoms with Gasteiger partial charge in [-0.3, -0.25) is 4.79 Å². The number of nitrogens with one attached hydrogen (secondary N) is 1. The van der Waals surface area contributed by atoms with Crippen molar-refractivity contribution >= 4 is 15.9 Å². The van der Waals surface area contributed by atoms with Crippen LogP contribution in [0.5, 0.6) is 5.75 Å². The predicted molar refractivity (Wildman–Crippen MR) is 172 cm³/mol. The molecule has 4 aliphatic rings. The minimum atomic E-state index is -4.78. The molecule has 2 saturated heterocycles. The van der Waals surface area contributed by atoms with Gasteiger partial charge in [-0.15, -0.1) is 5.10 Å². The molecule has 1 N–H and O–H groups in total. The zero-order valence-corrected chi connectivity index (χ0v) is 28.0. The van der Waals surface area contributed by atoms with Gasteiger partial charge in [0.25, 0.3) is 0 Å². The van der Waals surface area contributed by atoms with Gasteiger partial charge in [0, 0.05) is 44.1 Å². The fourth-order valence-electron chi connectivity index (χ4n) is 7.71. The van der Waals surface area contributed by atoms with Crippen LogP contribution < -0.4 is 10.1 Å². The van der Waals surface area contributed by atoms with Gasteiger partial charge in [0.1, 0.15) is 22.4 Å². The number of sulfonamides is 1. The molecular formula is C34H41F3N6O5S. The lowest BCUT2D eigenvalue weighted by molar-refractivity contribution is -0.137. The van der Waals surface area contributed by atoms with Crippen molar-refractivity contribution in [1.82, 2.24) is 29.5 Å². The van der Waals surface area contributed by atoms with Crippen LogP contribution in [0, 0.1) is 0 Å². The van der Waals surface area contributed by atoms with E-state index < -0.39 is 50.3 Å². The Hall–Kier alpha value is -3.53. The molecule has 7 rings (SSSR count). The maximum Gasteiger partial charge on any atom is 0.416 e. The molecule has 15 heteroatoms. The first-order valence-corrected chi connectivity index (χ1v) is 18.4. The second-order valence-corrected chi connectivity index (χ2v) is 15.5. The van der Waals surface area contributed by atoms with E-state index in [1.807, 2.05) is 30.3 Å². The van der Waals surface area contributed by atoms with Gasteiger partial charge in [0.2, 0.25) is 15.9 Å². The molecule has 1 amide bonds. The Labute approximate surface area is 283 Å². The monoisotopic (exact) mass is 702 g/mol. The molecule has 1 aromatic heterocycles. The maximum atomic E-state index is 14.2. The number of benzene rings is 2. The lowest BCUT2D eigenvalue weighted by Crippen LogP contribution is -2.60. The Kier molecular flexibility index (Phi) is 9.45. The molecule has 264 valence electrons. The summed E-state index contributed by atoms with van der Waals surface area (Å²) in [6.45, 7) is 1.92. The highest BCUT2D eigenvalue weighted by molar-refractivity contribution is 7.89. The number of nitrogens with zero attached hydrogens (tertiary/aromatic N) is 5. The van der Waals surface area contributed by atoms with E-state index in [2.05, 4.69) is 20.5 Å². The quantitative estimate of drug-likeness (QED) is 0.403. The van der Waals surface area contributed by atoms with E-state index in [-0.39, 0.29) is 31.9 Å². The summed E-state index contributed by atoms with van der Waals surface area (Å²) in [5.74, 6) is -0.646. The van der Waals surface area contributed by atoms with Crippen molar-refractivity contribution in [3.8, 4) is 5.75 Å². The summed E-state index contributed by atoms with van der Waals surface area (Å²) in [4.78, 5) is 16.0. The summed E-state index contributed by atoms with van der Waals surface area (Å²) in [7, 11) is -4.63. The van der Waals surface area contributed by atoms with Crippen LogP contribution in [0.3, 0.4) is 0 Å². The number of alkyl halides is 3. The highest BCUT2D eigenvalue weighted by Gasteiger charge is 2.49. The molecule has 2 atom stereocenters. The molecule has 1 spiro atoms. The Morgan fingerprint density at radius 2 is 1.80 bits per heavy atom. The molecule has 0 unspecified atom stereocenters. The highest BCUT2D eigenvalue weighted by atomic mass is 32.2. The third kappa shape index (κ3) is 7.35. The van der Waals surface area contributed by atoms with E-state index in [9.17, 15) is 26.4 Å². The van der Waals surface area contributed by atoms with E-state index in [0.29, 0.717) is 43.6 Å². The average molecular weight is 703 g/mol. The van der Waals surface area contributed by atoms with E-state index in [1.54, 1.807) is 10.9 Å². The predicted octanol–water partition coefficient (Wildman–Crippen LogP) is 4.37. The summed E-state index contributed by atoms with van der Waals surface area (Å²) in [6, 6.07) is 11.6. The summed E-state index contributed by atoms with van der Waals surface area (Å²) in [6.07, 6.45) is 2.75. The number of amides is 1. The summed E-state index contributed by atoms with van der Waals surface area (Å²) in [5, 5.41) is 11.6. The first-order chi connectivity index (χ1) is 23.5. The van der Waals surface area contributed by atoms with Gasteiger partial charge in [0.05, 0.1) is 37.6 Å². The van der Waals surface area contributed by atoms with Crippen LogP contribution in [0.1, 0.15) is 68.2 Å². The molecule has 3 fully saturated rings. The van der Waals surface area contributed by atoms with E-state index in [0.717, 1.165) is 35.1 Å². The molecule has 3 aliphatic heterocycles. The van der Waals surface area contributed by atoms with Crippen molar-refractivity contribution in [2.75, 3.05) is 26.2 Å². The second kappa shape index (κ2) is 13.6. The van der Waals surface area contributed by atoms with E-state index >= 15 is 0 Å². The van der Waals surface area contributed by atoms with Crippen LogP contribution in [-0.2, 0) is 38.9 Å². The van der Waals surface area contributed by atoms with Gasteiger partial charge in [-0.2, -0.15) is 17.5 Å². The molecule has 0 radical (unpaired) electrons. The number of likely N-dealkylation sites (tertiary alicyclic amines) is 1. The van der Waals surface area contributed by atoms with Gasteiger partial charge < -0.3 is 19.7 Å². The third-order valence-corrected chi connectivity index (χ3v) is 12.3. The number of ether oxygens (including phenoxy) is 2. The Bertz CT molecular complexity index is 1740. The second-order valence-electron chi connectivity index (χ2n) is 13.7. The Balaban J connectivity index is 1.14. The molecule has 1 saturated carbocycles. The SMILES string of the molecule is O=C1NC2(CCOc3ccc(C(F)(F)F)cc3S(=O)(=O)N3C[C@H](OCc4cn(Cc5ccccc5)nn4)C[C@@H]13)CCN(C1CCCC1)CC2. The number of rotatable bonds is 6. The third-order valence-electron chi connectivity index (χ3n) is 10.4. The fraction of sp³-hybridized carbons (Fsp3) is 0.559. The van der Waals surface area contributed by atoms with Crippen molar-refractivity contribution in [1.29, 1.82) is 0 Å². The van der Waals surface area contributed by atoms with Gasteiger partial charge in [-0.25, -0.2) is 13.1 Å². The number of hydrogen-bond donors (Lipinski definition) is 1. The summed E-state index contributed by atoms with van der Waals surface area (Å²) >= 11 is 0. The van der Waals surface area contributed by atoms with Crippen LogP contribution in [-0.4, -0.2) is 88.5 Å². The largest absolute Gasteiger partial charge is 0.492 e. The average Bonchev–Trinajstić information content (AvgIpc) is 3.86. The van der Waals surface area contributed by atoms with Crippen molar-refractivity contribution in [3.63, 3.8) is 0 Å². The van der Waals surface area contributed by atoms with Gasteiger partial charge in [0.15, 0.2) is 0 Å². The standard InChI is InChI=1S/C34H41F3N6O5S/c35-34(36,37)25-10-11-30-31(18-25)49(45,46)43-22-28(48-23-26-21-42(40-39-26)20-24-6-2-1-3-7-24)19-29(43)32(44)38-33(14-17-47-30)12-15-41(16-13-33)27-8-4-5-9-27/h1-3,6-7,10-11,18,21,27-29H,4-5,8-9,12-17,19-20,22-23H2,(H,38,44)/t28-,29+/m1/s1. The van der Waals surface area contributed by atoms with E-state index in [1.165, 1.54) is 25.7 Å². The number of hydrogen-bond acceptors (Lipinski definition) is 8. The molecule has 3 aromatic rings. The molecule has 11 nitrogen and oxygen atoms in total. The smallest absolute Gasteiger partial charge is 0.416 e. The molecule has 0 bridgehead atoms. The molecule has 4 heterocycles. The number of fused-ring (bicyclic) bond motifs is 2. The van der Waals surface area contributed by atoms with Crippen molar-refractivity contribution in [2.45, 2.75) is 99.3 Å². The van der Waals surface area contributed by atoms with Gasteiger partial charge >= 0.3 is 6.18 Å². The normalized spacial score (nSPS) is 24.9. The first-order valence-electron chi connectivity index (χ1n) is 17.0. The topological polar surface area (TPSA) is 119 Å². The van der Waals surface area contributed by atoms with Crippen LogP contribution >= 0.6 is 0 Å². The first kappa shape index (κ1) is 33.9. The van der Waals surface area contributed by atoms with Crippen LogP contribution in [0.2, 0.25) is 0 Å². The lowest BCUT2D eigenvalue weighted by Gasteiger charge is -2.45.